The van der Waals surface area contributed by atoms with Crippen molar-refractivity contribution in [1.82, 2.24) is 10.7 Å². The van der Waals surface area contributed by atoms with Crippen LogP contribution in [0.15, 0.2) is 53.6 Å². The molecule has 0 aliphatic heterocycles. The van der Waals surface area contributed by atoms with E-state index in [1.165, 1.54) is 24.8 Å². The van der Waals surface area contributed by atoms with E-state index in [0.717, 1.165) is 29.9 Å². The summed E-state index contributed by atoms with van der Waals surface area (Å²) in [7, 11) is 0. The quantitative estimate of drug-likeness (QED) is 0.395. The van der Waals surface area contributed by atoms with Crippen LogP contribution in [-0.2, 0) is 0 Å². The van der Waals surface area contributed by atoms with Crippen LogP contribution < -0.4 is 20.2 Å². The fourth-order valence-corrected chi connectivity index (χ4v) is 3.27. The fourth-order valence-electron chi connectivity index (χ4n) is 3.27. The molecule has 154 valence electrons. The highest BCUT2D eigenvalue weighted by atomic mass is 16.5. The highest BCUT2D eigenvalue weighted by Crippen LogP contribution is 2.17. The van der Waals surface area contributed by atoms with Gasteiger partial charge in [0, 0.05) is 6.04 Å². The predicted molar refractivity (Wildman–Crippen MR) is 115 cm³/mol. The lowest BCUT2D eigenvalue weighted by molar-refractivity contribution is 0.217. The minimum Gasteiger partial charge on any atom is -0.490 e. The van der Waals surface area contributed by atoms with Crippen LogP contribution in [-0.4, -0.2) is 31.5 Å². The lowest BCUT2D eigenvalue weighted by Gasteiger charge is -2.22. The van der Waals surface area contributed by atoms with E-state index in [-0.39, 0.29) is 12.1 Å². The summed E-state index contributed by atoms with van der Waals surface area (Å²) in [6.45, 7) is 2.95. The molecule has 0 spiro atoms. The van der Waals surface area contributed by atoms with Gasteiger partial charge >= 0.3 is 6.03 Å². The second-order valence-electron chi connectivity index (χ2n) is 7.26. The number of ether oxygens (including phenoxy) is 2. The van der Waals surface area contributed by atoms with Gasteiger partial charge in [0.1, 0.15) is 24.7 Å². The van der Waals surface area contributed by atoms with Crippen LogP contribution >= 0.6 is 0 Å². The number of hydrogen-bond acceptors (Lipinski definition) is 4. The van der Waals surface area contributed by atoms with Gasteiger partial charge in [0.25, 0.3) is 0 Å². The summed E-state index contributed by atoms with van der Waals surface area (Å²) < 4.78 is 11.4. The molecule has 6 nitrogen and oxygen atoms in total. The molecule has 2 amide bonds. The van der Waals surface area contributed by atoms with Crippen molar-refractivity contribution in [3.05, 3.63) is 59.7 Å². The number of nitrogens with zero attached hydrogens (tertiary/aromatic N) is 1. The number of amides is 2. The van der Waals surface area contributed by atoms with Crippen molar-refractivity contribution in [2.75, 3.05) is 13.2 Å². The average molecular weight is 396 g/mol. The van der Waals surface area contributed by atoms with E-state index in [1.807, 2.05) is 55.5 Å². The van der Waals surface area contributed by atoms with Gasteiger partial charge in [-0.25, -0.2) is 10.2 Å². The van der Waals surface area contributed by atoms with Crippen LogP contribution in [0, 0.1) is 6.92 Å². The Morgan fingerprint density at radius 2 is 1.76 bits per heavy atom. The van der Waals surface area contributed by atoms with Gasteiger partial charge in [-0.3, -0.25) is 0 Å². The van der Waals surface area contributed by atoms with E-state index in [2.05, 4.69) is 15.8 Å². The maximum Gasteiger partial charge on any atom is 0.335 e. The number of hydrogen-bond donors (Lipinski definition) is 2. The lowest BCUT2D eigenvalue weighted by atomic mass is 9.96. The van der Waals surface area contributed by atoms with Crippen molar-refractivity contribution >= 4 is 12.2 Å². The van der Waals surface area contributed by atoms with E-state index in [1.54, 1.807) is 6.21 Å². The summed E-state index contributed by atoms with van der Waals surface area (Å²) in [5.41, 5.74) is 4.58. The molecule has 0 atom stereocenters. The van der Waals surface area contributed by atoms with Gasteiger partial charge in [-0.2, -0.15) is 5.10 Å². The molecule has 2 N–H and O–H groups in total. The molecular weight excluding hydrogens is 366 g/mol. The molecule has 1 aliphatic rings. The molecule has 0 bridgehead atoms. The van der Waals surface area contributed by atoms with Crippen LogP contribution in [0.1, 0.15) is 43.2 Å². The standard InChI is InChI=1S/C23H29N3O3/c1-18-10-12-21(13-11-18)28-14-15-29-22-9-5-6-19(16-22)17-24-26-23(27)25-20-7-3-2-4-8-20/h5-6,9-13,16-17,20H,2-4,7-8,14-15H2,1H3,(H2,25,26,27)/b24-17-. The third-order valence-electron chi connectivity index (χ3n) is 4.82. The molecule has 3 rings (SSSR count). The Morgan fingerprint density at radius 1 is 1.03 bits per heavy atom. The third kappa shape index (κ3) is 7.49. The smallest absolute Gasteiger partial charge is 0.335 e. The molecule has 1 saturated carbocycles. The molecule has 0 unspecified atom stereocenters. The van der Waals surface area contributed by atoms with Gasteiger partial charge in [-0.1, -0.05) is 49.1 Å². The van der Waals surface area contributed by atoms with E-state index in [0.29, 0.717) is 13.2 Å². The van der Waals surface area contributed by atoms with Gasteiger partial charge < -0.3 is 14.8 Å². The Labute approximate surface area is 172 Å². The van der Waals surface area contributed by atoms with Crippen LogP contribution in [0.25, 0.3) is 0 Å². The van der Waals surface area contributed by atoms with Gasteiger partial charge in [0.15, 0.2) is 0 Å². The van der Waals surface area contributed by atoms with Gasteiger partial charge in [0.2, 0.25) is 0 Å². The minimum absolute atomic E-state index is 0.256. The highest BCUT2D eigenvalue weighted by molar-refractivity contribution is 5.82. The van der Waals surface area contributed by atoms with E-state index >= 15 is 0 Å². The Kier molecular flexibility index (Phi) is 7.92. The van der Waals surface area contributed by atoms with Crippen molar-refractivity contribution in [1.29, 1.82) is 0 Å². The predicted octanol–water partition coefficient (Wildman–Crippen LogP) is 4.42. The second-order valence-corrected chi connectivity index (χ2v) is 7.26. The van der Waals surface area contributed by atoms with E-state index in [4.69, 9.17) is 9.47 Å². The molecule has 0 saturated heterocycles. The molecule has 2 aromatic carbocycles. The largest absolute Gasteiger partial charge is 0.490 e. The normalized spacial score (nSPS) is 14.5. The first kappa shape index (κ1) is 20.7. The first-order chi connectivity index (χ1) is 14.2. The molecule has 1 aliphatic carbocycles. The molecule has 0 heterocycles. The molecule has 0 aromatic heterocycles. The molecule has 29 heavy (non-hydrogen) atoms. The van der Waals surface area contributed by atoms with Gasteiger partial charge in [0.05, 0.1) is 6.21 Å². The number of rotatable bonds is 8. The Hall–Kier alpha value is -3.02. The average Bonchev–Trinajstić information content (AvgIpc) is 2.73. The van der Waals surface area contributed by atoms with Crippen LogP contribution in [0.3, 0.4) is 0 Å². The number of hydrazone groups is 1. The second kappa shape index (κ2) is 11.1. The number of carbonyl (C=O) groups is 1. The monoisotopic (exact) mass is 395 g/mol. The molecule has 2 aromatic rings. The third-order valence-corrected chi connectivity index (χ3v) is 4.82. The van der Waals surface area contributed by atoms with Crippen molar-refractivity contribution in [2.45, 2.75) is 45.1 Å². The molecule has 1 fully saturated rings. The highest BCUT2D eigenvalue weighted by Gasteiger charge is 2.14. The van der Waals surface area contributed by atoms with Crippen molar-refractivity contribution < 1.29 is 14.3 Å². The van der Waals surface area contributed by atoms with Crippen LogP contribution in [0.4, 0.5) is 4.79 Å². The zero-order valence-electron chi connectivity index (χ0n) is 16.9. The van der Waals surface area contributed by atoms with E-state index in [9.17, 15) is 4.79 Å². The number of nitrogens with one attached hydrogen (secondary N) is 2. The van der Waals surface area contributed by atoms with E-state index < -0.39 is 0 Å². The van der Waals surface area contributed by atoms with Crippen molar-refractivity contribution in [3.63, 3.8) is 0 Å². The number of aryl methyl sites for hydroxylation is 1. The number of benzene rings is 2. The first-order valence-electron chi connectivity index (χ1n) is 10.2. The summed E-state index contributed by atoms with van der Waals surface area (Å²) in [6.07, 6.45) is 7.31. The molecular formula is C23H29N3O3. The summed E-state index contributed by atoms with van der Waals surface area (Å²) in [6, 6.07) is 15.5. The Bertz CT molecular complexity index is 799. The maximum atomic E-state index is 11.9. The SMILES string of the molecule is Cc1ccc(OCCOc2cccc(/C=N\NC(=O)NC3CCCCC3)c2)cc1. The fraction of sp³-hybridized carbons (Fsp3) is 0.391. The summed E-state index contributed by atoms with van der Waals surface area (Å²) in [4.78, 5) is 11.9. The van der Waals surface area contributed by atoms with Crippen molar-refractivity contribution in [3.8, 4) is 11.5 Å². The minimum atomic E-state index is -0.256. The lowest BCUT2D eigenvalue weighted by Crippen LogP contribution is -2.41. The molecule has 0 radical (unpaired) electrons. The first-order valence-corrected chi connectivity index (χ1v) is 10.2. The van der Waals surface area contributed by atoms with Crippen LogP contribution in [0.5, 0.6) is 11.5 Å². The zero-order chi connectivity index (χ0) is 20.3. The number of carbonyl (C=O) groups excluding carboxylic acids is 1. The Balaban J connectivity index is 1.38. The Morgan fingerprint density at radius 3 is 2.52 bits per heavy atom. The van der Waals surface area contributed by atoms with Gasteiger partial charge in [-0.05, 0) is 49.6 Å². The summed E-state index contributed by atoms with van der Waals surface area (Å²) >= 11 is 0. The topological polar surface area (TPSA) is 72.0 Å². The summed E-state index contributed by atoms with van der Waals surface area (Å²) in [5, 5.41) is 6.99. The van der Waals surface area contributed by atoms with Gasteiger partial charge in [-0.15, -0.1) is 0 Å². The summed E-state index contributed by atoms with van der Waals surface area (Å²) in [5.74, 6) is 1.56. The van der Waals surface area contributed by atoms with Crippen LogP contribution in [0.2, 0.25) is 0 Å². The molecule has 6 heteroatoms. The maximum absolute atomic E-state index is 11.9. The van der Waals surface area contributed by atoms with Crippen molar-refractivity contribution in [2.24, 2.45) is 5.10 Å². The number of urea groups is 1. The zero-order valence-corrected chi connectivity index (χ0v) is 16.9.